The van der Waals surface area contributed by atoms with Crippen LogP contribution in [0.15, 0.2) is 0 Å². The van der Waals surface area contributed by atoms with E-state index in [1.807, 2.05) is 16.8 Å². The average Bonchev–Trinajstić information content (AvgIpc) is 2.76. The van der Waals surface area contributed by atoms with Gasteiger partial charge in [0.25, 0.3) is 0 Å². The Bertz CT molecular complexity index is 147. The molecule has 2 atom stereocenters. The van der Waals surface area contributed by atoms with Crippen molar-refractivity contribution in [2.24, 2.45) is 17.7 Å². The molecule has 2 unspecified atom stereocenters. The fourth-order valence-corrected chi connectivity index (χ4v) is 2.79. The van der Waals surface area contributed by atoms with E-state index in [-0.39, 0.29) is 0 Å². The van der Waals surface area contributed by atoms with Gasteiger partial charge in [-0.05, 0) is 37.4 Å². The summed E-state index contributed by atoms with van der Waals surface area (Å²) in [5, 5.41) is 2.62. The zero-order valence-corrected chi connectivity index (χ0v) is 7.81. The van der Waals surface area contributed by atoms with Gasteiger partial charge in [-0.3, -0.25) is 5.84 Å². The number of hydrogen-bond donors (Lipinski definition) is 1. The first-order valence-electron chi connectivity index (χ1n) is 4.35. The normalized spacial score (nSPS) is 39.8. The van der Waals surface area contributed by atoms with Crippen LogP contribution >= 0.6 is 11.8 Å². The van der Waals surface area contributed by atoms with E-state index >= 15 is 0 Å². The van der Waals surface area contributed by atoms with E-state index in [0.717, 1.165) is 18.4 Å². The minimum Gasteiger partial charge on any atom is -0.268 e. The lowest BCUT2D eigenvalue weighted by Crippen LogP contribution is -2.33. The molecule has 0 bridgehead atoms. The van der Waals surface area contributed by atoms with Crippen LogP contribution in [0.25, 0.3) is 0 Å². The molecule has 0 aromatic carbocycles. The lowest BCUT2D eigenvalue weighted by molar-refractivity contribution is 0.313. The van der Waals surface area contributed by atoms with Crippen LogP contribution in [-0.2, 0) is 0 Å². The number of thioether (sulfide) groups is 1. The molecule has 2 aliphatic rings. The van der Waals surface area contributed by atoms with Crippen molar-refractivity contribution in [3.05, 3.63) is 0 Å². The predicted octanol–water partition coefficient (Wildman–Crippen LogP) is 1.28. The van der Waals surface area contributed by atoms with Crippen LogP contribution in [0.5, 0.6) is 0 Å². The van der Waals surface area contributed by atoms with Gasteiger partial charge in [-0.25, -0.2) is 5.01 Å². The summed E-state index contributed by atoms with van der Waals surface area (Å²) in [5.41, 5.74) is 0. The number of hydrazine groups is 1. The SMILES string of the molecule is CSC1CC(C2CC2)CN1N. The number of nitrogens with two attached hydrogens (primary N) is 1. The number of rotatable bonds is 2. The Kier molecular flexibility index (Phi) is 2.12. The molecule has 2 rings (SSSR count). The van der Waals surface area contributed by atoms with E-state index in [9.17, 15) is 0 Å². The second-order valence-corrected chi connectivity index (χ2v) is 4.74. The van der Waals surface area contributed by atoms with Gasteiger partial charge in [-0.15, -0.1) is 11.8 Å². The smallest absolute Gasteiger partial charge is 0.0694 e. The predicted molar refractivity (Wildman–Crippen MR) is 49.0 cm³/mol. The summed E-state index contributed by atoms with van der Waals surface area (Å²) in [6, 6.07) is 0. The van der Waals surface area contributed by atoms with Crippen molar-refractivity contribution >= 4 is 11.8 Å². The zero-order valence-electron chi connectivity index (χ0n) is 6.99. The molecular weight excluding hydrogens is 156 g/mol. The summed E-state index contributed by atoms with van der Waals surface area (Å²) >= 11 is 1.89. The van der Waals surface area contributed by atoms with Crippen molar-refractivity contribution in [3.8, 4) is 0 Å². The first-order chi connectivity index (χ1) is 5.31. The lowest BCUT2D eigenvalue weighted by Gasteiger charge is -2.15. The van der Waals surface area contributed by atoms with Crippen molar-refractivity contribution in [1.29, 1.82) is 0 Å². The average molecular weight is 172 g/mol. The molecule has 3 heteroatoms. The molecule has 1 aliphatic carbocycles. The molecule has 11 heavy (non-hydrogen) atoms. The van der Waals surface area contributed by atoms with Gasteiger partial charge in [0.05, 0.1) is 5.37 Å². The van der Waals surface area contributed by atoms with Crippen molar-refractivity contribution < 1.29 is 0 Å². The number of hydrogen-bond acceptors (Lipinski definition) is 3. The van der Waals surface area contributed by atoms with Crippen molar-refractivity contribution in [2.75, 3.05) is 12.8 Å². The molecule has 1 heterocycles. The van der Waals surface area contributed by atoms with E-state index in [4.69, 9.17) is 5.84 Å². The molecule has 0 aromatic rings. The maximum Gasteiger partial charge on any atom is 0.0694 e. The minimum atomic E-state index is 0.598. The van der Waals surface area contributed by atoms with E-state index in [1.165, 1.54) is 19.3 Å². The molecule has 2 N–H and O–H groups in total. The highest BCUT2D eigenvalue weighted by atomic mass is 32.2. The fourth-order valence-electron chi connectivity index (χ4n) is 2.00. The molecule has 0 radical (unpaired) electrons. The molecule has 1 saturated heterocycles. The highest BCUT2D eigenvalue weighted by Crippen LogP contribution is 2.43. The molecule has 0 amide bonds. The Balaban J connectivity index is 1.89. The molecule has 64 valence electrons. The molecule has 0 spiro atoms. The molecular formula is C8H16N2S. The number of nitrogens with zero attached hydrogens (tertiary/aromatic N) is 1. The first-order valence-corrected chi connectivity index (χ1v) is 5.64. The summed E-state index contributed by atoms with van der Waals surface area (Å²) in [4.78, 5) is 0. The minimum absolute atomic E-state index is 0.598. The molecule has 2 fully saturated rings. The van der Waals surface area contributed by atoms with E-state index in [0.29, 0.717) is 5.37 Å². The summed E-state index contributed by atoms with van der Waals surface area (Å²) in [7, 11) is 0. The quantitative estimate of drug-likeness (QED) is 0.636. The van der Waals surface area contributed by atoms with Crippen molar-refractivity contribution in [1.82, 2.24) is 5.01 Å². The highest BCUT2D eigenvalue weighted by Gasteiger charge is 2.39. The monoisotopic (exact) mass is 172 g/mol. The summed E-state index contributed by atoms with van der Waals surface area (Å²) in [6.45, 7) is 1.14. The van der Waals surface area contributed by atoms with E-state index in [1.54, 1.807) is 0 Å². The van der Waals surface area contributed by atoms with Crippen LogP contribution in [0.2, 0.25) is 0 Å². The third kappa shape index (κ3) is 1.55. The van der Waals surface area contributed by atoms with Crippen molar-refractivity contribution in [2.45, 2.75) is 24.6 Å². The molecule has 2 nitrogen and oxygen atoms in total. The maximum absolute atomic E-state index is 5.86. The van der Waals surface area contributed by atoms with Gasteiger partial charge in [0, 0.05) is 6.54 Å². The molecule has 1 saturated carbocycles. The second kappa shape index (κ2) is 2.96. The standard InChI is InChI=1S/C8H16N2S/c1-11-8-4-7(5-10(8)9)6-2-3-6/h6-8H,2-5,9H2,1H3. The lowest BCUT2D eigenvalue weighted by atomic mass is 10.0. The maximum atomic E-state index is 5.86. The largest absolute Gasteiger partial charge is 0.268 e. The molecule has 1 aliphatic heterocycles. The highest BCUT2D eigenvalue weighted by molar-refractivity contribution is 7.99. The summed E-state index contributed by atoms with van der Waals surface area (Å²) in [6.07, 6.45) is 6.39. The zero-order chi connectivity index (χ0) is 7.84. The van der Waals surface area contributed by atoms with Gasteiger partial charge < -0.3 is 0 Å². The fraction of sp³-hybridized carbons (Fsp3) is 1.00. The Morgan fingerprint density at radius 1 is 1.36 bits per heavy atom. The van der Waals surface area contributed by atoms with Crippen LogP contribution in [0.4, 0.5) is 0 Å². The topological polar surface area (TPSA) is 29.3 Å². The van der Waals surface area contributed by atoms with Gasteiger partial charge in [0.2, 0.25) is 0 Å². The van der Waals surface area contributed by atoms with Gasteiger partial charge in [0.1, 0.15) is 0 Å². The van der Waals surface area contributed by atoms with Crippen LogP contribution in [0.3, 0.4) is 0 Å². The van der Waals surface area contributed by atoms with Gasteiger partial charge in [0.15, 0.2) is 0 Å². The third-order valence-corrected chi connectivity index (χ3v) is 3.89. The summed E-state index contributed by atoms with van der Waals surface area (Å²) in [5.74, 6) is 7.80. The van der Waals surface area contributed by atoms with Crippen LogP contribution in [0, 0.1) is 11.8 Å². The van der Waals surface area contributed by atoms with Crippen LogP contribution in [-0.4, -0.2) is 23.2 Å². The first kappa shape index (κ1) is 7.90. The second-order valence-electron chi connectivity index (χ2n) is 3.72. The van der Waals surface area contributed by atoms with Gasteiger partial charge in [-0.1, -0.05) is 0 Å². The summed E-state index contributed by atoms with van der Waals surface area (Å²) < 4.78 is 0. The Labute approximate surface area is 72.5 Å². The van der Waals surface area contributed by atoms with Crippen LogP contribution in [0.1, 0.15) is 19.3 Å². The Hall–Kier alpha value is 0.270. The Morgan fingerprint density at radius 3 is 2.55 bits per heavy atom. The Morgan fingerprint density at radius 2 is 2.09 bits per heavy atom. The molecule has 0 aromatic heterocycles. The van der Waals surface area contributed by atoms with Gasteiger partial charge >= 0.3 is 0 Å². The van der Waals surface area contributed by atoms with E-state index < -0.39 is 0 Å². The van der Waals surface area contributed by atoms with Crippen LogP contribution < -0.4 is 5.84 Å². The third-order valence-electron chi connectivity index (χ3n) is 2.88. The van der Waals surface area contributed by atoms with E-state index in [2.05, 4.69) is 6.26 Å². The van der Waals surface area contributed by atoms with Gasteiger partial charge in [-0.2, -0.15) is 0 Å². The van der Waals surface area contributed by atoms with Crippen molar-refractivity contribution in [3.63, 3.8) is 0 Å².